The maximum atomic E-state index is 13.5. The van der Waals surface area contributed by atoms with Gasteiger partial charge in [0.05, 0.1) is 11.9 Å². The molecule has 1 saturated carbocycles. The van der Waals surface area contributed by atoms with E-state index < -0.39 is 17.4 Å². The molecule has 1 aliphatic rings. The van der Waals surface area contributed by atoms with Crippen LogP contribution in [0.4, 0.5) is 13.2 Å². The number of rotatable bonds is 2. The molecular weight excluding hydrogens is 359 g/mol. The highest BCUT2D eigenvalue weighted by Crippen LogP contribution is 2.40. The van der Waals surface area contributed by atoms with Gasteiger partial charge in [-0.15, -0.1) is 0 Å². The Bertz CT molecular complexity index is 1250. The number of pyridine rings is 3. The van der Waals surface area contributed by atoms with Crippen molar-refractivity contribution < 1.29 is 13.2 Å². The maximum absolute atomic E-state index is 13.5. The van der Waals surface area contributed by atoms with E-state index in [-0.39, 0.29) is 22.8 Å². The number of nitrogens with one attached hydrogen (secondary N) is 1. The Labute approximate surface area is 149 Å². The SMILES string of the molecule is O=c1c2[nH]ncc2c2ccc(C3CC3)nc2n1-c1cccnc1C(F)(F)F. The predicted octanol–water partition coefficient (Wildman–Crippen LogP) is 3.55. The second-order valence-corrected chi connectivity index (χ2v) is 6.55. The van der Waals surface area contributed by atoms with Gasteiger partial charge in [-0.2, -0.15) is 18.3 Å². The molecule has 1 N–H and O–H groups in total. The van der Waals surface area contributed by atoms with Crippen LogP contribution < -0.4 is 5.56 Å². The number of hydrogen-bond acceptors (Lipinski definition) is 4. The van der Waals surface area contributed by atoms with Crippen molar-refractivity contribution in [2.24, 2.45) is 0 Å². The molecule has 5 rings (SSSR count). The molecule has 0 unspecified atom stereocenters. The summed E-state index contributed by atoms with van der Waals surface area (Å²) in [5.41, 5.74) is -1.05. The first-order valence-electron chi connectivity index (χ1n) is 8.36. The average molecular weight is 371 g/mol. The molecule has 0 amide bonds. The van der Waals surface area contributed by atoms with Gasteiger partial charge >= 0.3 is 6.18 Å². The normalized spacial score (nSPS) is 14.9. The van der Waals surface area contributed by atoms with E-state index in [4.69, 9.17) is 0 Å². The van der Waals surface area contributed by atoms with E-state index >= 15 is 0 Å². The molecule has 0 atom stereocenters. The highest BCUT2D eigenvalue weighted by molar-refractivity contribution is 6.03. The Morgan fingerprint density at radius 3 is 2.70 bits per heavy atom. The summed E-state index contributed by atoms with van der Waals surface area (Å²) in [4.78, 5) is 21.1. The van der Waals surface area contributed by atoms with Crippen LogP contribution in [-0.4, -0.2) is 24.7 Å². The number of fused-ring (bicyclic) bond motifs is 3. The highest BCUT2D eigenvalue weighted by atomic mass is 19.4. The predicted molar refractivity (Wildman–Crippen MR) is 91.8 cm³/mol. The van der Waals surface area contributed by atoms with Crippen molar-refractivity contribution in [1.82, 2.24) is 24.7 Å². The van der Waals surface area contributed by atoms with Gasteiger partial charge < -0.3 is 0 Å². The standard InChI is InChI=1S/C18H12F3N5O/c19-18(20,21)15-13(2-1-7-22-15)26-16-10(5-6-12(24-16)9-3-4-9)11-8-23-25-14(11)17(26)27/h1-2,5-9H,3-4H2,(H,23,25). The van der Waals surface area contributed by atoms with Crippen LogP contribution in [0.5, 0.6) is 0 Å². The Balaban J connectivity index is 1.95. The quantitative estimate of drug-likeness (QED) is 0.585. The van der Waals surface area contributed by atoms with Crippen LogP contribution in [0.2, 0.25) is 0 Å². The van der Waals surface area contributed by atoms with Crippen LogP contribution in [0.15, 0.2) is 41.5 Å². The third kappa shape index (κ3) is 2.42. The summed E-state index contributed by atoms with van der Waals surface area (Å²) < 4.78 is 41.5. The van der Waals surface area contributed by atoms with Gasteiger partial charge in [-0.05, 0) is 37.1 Å². The van der Waals surface area contributed by atoms with Crippen LogP contribution in [0.1, 0.15) is 30.1 Å². The molecule has 0 aliphatic heterocycles. The molecule has 136 valence electrons. The van der Waals surface area contributed by atoms with Crippen molar-refractivity contribution in [3.8, 4) is 5.69 Å². The molecule has 0 saturated heterocycles. The van der Waals surface area contributed by atoms with Crippen molar-refractivity contribution in [3.63, 3.8) is 0 Å². The second kappa shape index (κ2) is 5.38. The molecule has 0 radical (unpaired) electrons. The molecule has 0 bridgehead atoms. The summed E-state index contributed by atoms with van der Waals surface area (Å²) in [6.07, 6.45) is -0.207. The Kier molecular flexibility index (Phi) is 3.19. The van der Waals surface area contributed by atoms with Gasteiger partial charge in [0.1, 0.15) is 11.2 Å². The smallest absolute Gasteiger partial charge is 0.272 e. The Morgan fingerprint density at radius 1 is 1.15 bits per heavy atom. The van der Waals surface area contributed by atoms with Gasteiger partial charge in [0.2, 0.25) is 0 Å². The topological polar surface area (TPSA) is 76.5 Å². The fourth-order valence-electron chi connectivity index (χ4n) is 3.33. The van der Waals surface area contributed by atoms with E-state index in [0.717, 1.165) is 29.3 Å². The zero-order chi connectivity index (χ0) is 18.8. The Morgan fingerprint density at radius 2 is 1.96 bits per heavy atom. The minimum Gasteiger partial charge on any atom is -0.272 e. The fourth-order valence-corrected chi connectivity index (χ4v) is 3.33. The molecule has 4 aromatic heterocycles. The minimum atomic E-state index is -4.71. The van der Waals surface area contributed by atoms with Crippen molar-refractivity contribution in [3.05, 3.63) is 58.4 Å². The molecule has 4 aromatic rings. The molecule has 0 aromatic carbocycles. The van der Waals surface area contributed by atoms with Gasteiger partial charge in [0.15, 0.2) is 5.69 Å². The monoisotopic (exact) mass is 371 g/mol. The summed E-state index contributed by atoms with van der Waals surface area (Å²) in [6.45, 7) is 0. The van der Waals surface area contributed by atoms with E-state index in [2.05, 4.69) is 20.2 Å². The summed E-state index contributed by atoms with van der Waals surface area (Å²) in [7, 11) is 0. The first-order valence-corrected chi connectivity index (χ1v) is 8.36. The van der Waals surface area contributed by atoms with Crippen molar-refractivity contribution in [2.75, 3.05) is 0 Å². The Hall–Kier alpha value is -3.23. The van der Waals surface area contributed by atoms with Crippen LogP contribution in [0, 0.1) is 0 Å². The molecule has 4 heterocycles. The minimum absolute atomic E-state index is 0.125. The van der Waals surface area contributed by atoms with Crippen LogP contribution >= 0.6 is 0 Å². The lowest BCUT2D eigenvalue weighted by molar-refractivity contribution is -0.141. The number of H-pyrrole nitrogens is 1. The lowest BCUT2D eigenvalue weighted by atomic mass is 10.1. The highest BCUT2D eigenvalue weighted by Gasteiger charge is 2.37. The molecule has 6 nitrogen and oxygen atoms in total. The third-order valence-electron chi connectivity index (χ3n) is 4.75. The summed E-state index contributed by atoms with van der Waals surface area (Å²) in [5, 5.41) is 7.55. The summed E-state index contributed by atoms with van der Waals surface area (Å²) in [5.74, 6) is 0.286. The summed E-state index contributed by atoms with van der Waals surface area (Å²) in [6, 6.07) is 6.23. The molecule has 0 spiro atoms. The zero-order valence-corrected chi connectivity index (χ0v) is 13.8. The van der Waals surface area contributed by atoms with E-state index in [1.54, 1.807) is 6.07 Å². The number of halogens is 3. The number of aromatic nitrogens is 5. The first kappa shape index (κ1) is 16.0. The fraction of sp³-hybridized carbons (Fsp3) is 0.222. The number of hydrogen-bond donors (Lipinski definition) is 1. The van der Waals surface area contributed by atoms with Gasteiger partial charge in [-0.3, -0.25) is 14.5 Å². The first-order chi connectivity index (χ1) is 12.9. The van der Waals surface area contributed by atoms with Crippen LogP contribution in [-0.2, 0) is 6.18 Å². The number of nitrogens with zero attached hydrogens (tertiary/aromatic N) is 4. The second-order valence-electron chi connectivity index (χ2n) is 6.55. The van der Waals surface area contributed by atoms with E-state index in [9.17, 15) is 18.0 Å². The van der Waals surface area contributed by atoms with Gasteiger partial charge in [-0.1, -0.05) is 0 Å². The molecule has 1 aliphatic carbocycles. The lowest BCUT2D eigenvalue weighted by Crippen LogP contribution is -2.24. The van der Waals surface area contributed by atoms with Crippen molar-refractivity contribution in [2.45, 2.75) is 24.9 Å². The molecule has 1 fully saturated rings. The van der Waals surface area contributed by atoms with E-state index in [0.29, 0.717) is 10.8 Å². The largest absolute Gasteiger partial charge is 0.435 e. The molecule has 9 heteroatoms. The molecular formula is C18H12F3N5O. The number of alkyl halides is 3. The summed E-state index contributed by atoms with van der Waals surface area (Å²) >= 11 is 0. The van der Waals surface area contributed by atoms with Crippen molar-refractivity contribution in [1.29, 1.82) is 0 Å². The van der Waals surface area contributed by atoms with Crippen LogP contribution in [0.25, 0.3) is 27.6 Å². The van der Waals surface area contributed by atoms with Gasteiger partial charge in [-0.25, -0.2) is 9.97 Å². The zero-order valence-electron chi connectivity index (χ0n) is 13.8. The van der Waals surface area contributed by atoms with E-state index in [1.165, 1.54) is 18.3 Å². The van der Waals surface area contributed by atoms with Gasteiger partial charge in [0, 0.05) is 28.6 Å². The van der Waals surface area contributed by atoms with Crippen molar-refractivity contribution >= 4 is 21.9 Å². The van der Waals surface area contributed by atoms with E-state index in [1.807, 2.05) is 6.07 Å². The van der Waals surface area contributed by atoms with Gasteiger partial charge in [0.25, 0.3) is 5.56 Å². The number of aromatic amines is 1. The lowest BCUT2D eigenvalue weighted by Gasteiger charge is -2.16. The third-order valence-corrected chi connectivity index (χ3v) is 4.75. The average Bonchev–Trinajstić information content (AvgIpc) is 3.37. The van der Waals surface area contributed by atoms with Crippen LogP contribution in [0.3, 0.4) is 0 Å². The maximum Gasteiger partial charge on any atom is 0.435 e. The molecule has 27 heavy (non-hydrogen) atoms.